The lowest BCUT2D eigenvalue weighted by molar-refractivity contribution is 0.218. The zero-order valence-electron chi connectivity index (χ0n) is 9.02. The normalized spacial score (nSPS) is 9.24. The second kappa shape index (κ2) is 6.53. The van der Waals surface area contributed by atoms with Crippen LogP contribution in [0.3, 0.4) is 0 Å². The van der Waals surface area contributed by atoms with Gasteiger partial charge in [-0.1, -0.05) is 6.07 Å². The molecule has 1 aromatic carbocycles. The van der Waals surface area contributed by atoms with Crippen molar-refractivity contribution in [2.24, 2.45) is 0 Å². The van der Waals surface area contributed by atoms with Gasteiger partial charge in [-0.25, -0.2) is 9.59 Å². The third kappa shape index (κ3) is 4.30. The first-order valence-corrected chi connectivity index (χ1v) is 5.47. The van der Waals surface area contributed by atoms with Gasteiger partial charge in [0.15, 0.2) is 0 Å². The van der Waals surface area contributed by atoms with Crippen LogP contribution in [0.2, 0.25) is 0 Å². The summed E-state index contributed by atoms with van der Waals surface area (Å²) in [7, 11) is 0. The summed E-state index contributed by atoms with van der Waals surface area (Å²) in [6.45, 7) is 1.82. The zero-order chi connectivity index (χ0) is 12.8. The molecule has 0 unspecified atom stereocenters. The van der Waals surface area contributed by atoms with Gasteiger partial charge < -0.3 is 7.58 Å². The van der Waals surface area contributed by atoms with Gasteiger partial charge in [0.1, 0.15) is 0 Å². The lowest BCUT2D eigenvalue weighted by atomic mass is 10.2. The van der Waals surface area contributed by atoms with E-state index in [2.05, 4.69) is 18.2 Å². The summed E-state index contributed by atoms with van der Waals surface area (Å²) in [5, 5.41) is 4.98. The predicted molar refractivity (Wildman–Crippen MR) is 62.9 cm³/mol. The Hall–Kier alpha value is -1.18. The minimum absolute atomic E-state index is 0.502. The summed E-state index contributed by atoms with van der Waals surface area (Å²) in [4.78, 5) is 22.0. The quantitative estimate of drug-likeness (QED) is 0.786. The monoisotopic (exact) mass is 262 g/mol. The van der Waals surface area contributed by atoms with Crippen LogP contribution in [0.4, 0.5) is 21.0 Å². The Morgan fingerprint density at radius 1 is 1.12 bits per heavy atom. The number of nitrogens with one attached hydrogen (secondary N) is 2. The minimum Gasteiger partial charge on any atom is -0.612 e. The van der Waals surface area contributed by atoms with Crippen molar-refractivity contribution in [3.8, 4) is 0 Å². The summed E-state index contributed by atoms with van der Waals surface area (Å²) >= 11 is 3.69. The van der Waals surface area contributed by atoms with E-state index in [1.807, 2.05) is 40.2 Å². The third-order valence-corrected chi connectivity index (χ3v) is 2.36. The number of carbonyl (C=O) groups excluding carboxylic acids is 2. The molecule has 0 aromatic heterocycles. The molecule has 0 aliphatic carbocycles. The molecule has 6 nitrogen and oxygen atoms in total. The lowest BCUT2D eigenvalue weighted by Gasteiger charge is -2.11. The Morgan fingerprint density at radius 3 is 2.29 bits per heavy atom. The van der Waals surface area contributed by atoms with Crippen LogP contribution in [0.15, 0.2) is 18.2 Å². The van der Waals surface area contributed by atoms with Gasteiger partial charge in [0.05, 0.1) is 0 Å². The molecule has 0 aliphatic rings. The molecule has 0 atom stereocenters. The fourth-order valence-corrected chi connectivity index (χ4v) is 1.24. The van der Waals surface area contributed by atoms with E-state index in [-0.39, 0.29) is 0 Å². The van der Waals surface area contributed by atoms with Crippen LogP contribution >= 0.6 is 0 Å². The van der Waals surface area contributed by atoms with E-state index >= 15 is 0 Å². The fourth-order valence-electron chi connectivity index (χ4n) is 1.12. The van der Waals surface area contributed by atoms with E-state index in [9.17, 15) is 9.59 Å². The van der Waals surface area contributed by atoms with Gasteiger partial charge in [0.25, 0.3) is 0 Å². The number of amides is 2. The van der Waals surface area contributed by atoms with Crippen LogP contribution in [0.25, 0.3) is 0 Å². The van der Waals surface area contributed by atoms with Gasteiger partial charge in [-0.05, 0) is 24.6 Å². The van der Waals surface area contributed by atoms with Crippen LogP contribution in [0.1, 0.15) is 5.56 Å². The molecule has 0 aliphatic heterocycles. The first-order valence-electron chi connectivity index (χ1n) is 4.53. The van der Waals surface area contributed by atoms with Crippen LogP contribution in [0.5, 0.6) is 0 Å². The predicted octanol–water partition coefficient (Wildman–Crippen LogP) is 1.26. The maximum Gasteiger partial charge on any atom is 0.487 e. The summed E-state index contributed by atoms with van der Waals surface area (Å²) in [5.74, 6) is 0. The molecule has 17 heavy (non-hydrogen) atoms. The molecule has 1 rings (SSSR count). The second-order valence-electron chi connectivity index (χ2n) is 3.09. The van der Waals surface area contributed by atoms with E-state index in [1.165, 1.54) is 0 Å². The van der Waals surface area contributed by atoms with Gasteiger partial charge in [0, 0.05) is 11.4 Å². The molecular formula is C9H8Al2N2O4. The minimum atomic E-state index is -0.613. The molecule has 4 radical (unpaired) electrons. The SMILES string of the molecule is Cc1ccc(NC(=O)[O][Al])cc1NC(=O)[O][Al]. The molecule has 2 amide bonds. The number of aryl methyl sites for hydroxylation is 1. The molecule has 0 saturated heterocycles. The molecule has 0 spiro atoms. The Labute approximate surface area is 115 Å². The summed E-state index contributed by atoms with van der Waals surface area (Å²) in [5.41, 5.74) is 1.88. The summed E-state index contributed by atoms with van der Waals surface area (Å²) in [6, 6.07) is 5.03. The van der Waals surface area contributed by atoms with E-state index in [4.69, 9.17) is 0 Å². The van der Waals surface area contributed by atoms with Crippen LogP contribution in [-0.2, 0) is 7.58 Å². The Kier molecular flexibility index (Phi) is 5.34. The topological polar surface area (TPSA) is 76.7 Å². The van der Waals surface area contributed by atoms with E-state index in [1.54, 1.807) is 18.2 Å². The Bertz CT molecular complexity index is 439. The van der Waals surface area contributed by atoms with E-state index in [0.717, 1.165) is 5.56 Å². The van der Waals surface area contributed by atoms with E-state index < -0.39 is 12.2 Å². The van der Waals surface area contributed by atoms with Gasteiger partial charge in [-0.3, -0.25) is 10.6 Å². The average Bonchev–Trinajstić information content (AvgIpc) is 2.33. The van der Waals surface area contributed by atoms with Crippen molar-refractivity contribution in [3.05, 3.63) is 23.8 Å². The lowest BCUT2D eigenvalue weighted by Crippen LogP contribution is -2.14. The number of benzene rings is 1. The smallest absolute Gasteiger partial charge is 0.487 e. The summed E-state index contributed by atoms with van der Waals surface area (Å²) in [6.07, 6.45) is -1.22. The third-order valence-electron chi connectivity index (χ3n) is 1.93. The molecule has 2 N–H and O–H groups in total. The van der Waals surface area contributed by atoms with Gasteiger partial charge in [0.2, 0.25) is 0 Å². The van der Waals surface area contributed by atoms with Crippen molar-refractivity contribution in [1.82, 2.24) is 0 Å². The number of rotatable bonds is 2. The maximum absolute atomic E-state index is 11.1. The van der Waals surface area contributed by atoms with Crippen LogP contribution in [0, 0.1) is 6.92 Å². The van der Waals surface area contributed by atoms with Gasteiger partial charge in [-0.15, -0.1) is 0 Å². The second-order valence-corrected chi connectivity index (χ2v) is 3.56. The molecule has 8 heteroatoms. The van der Waals surface area contributed by atoms with Crippen LogP contribution < -0.4 is 10.6 Å². The Morgan fingerprint density at radius 2 is 1.71 bits per heavy atom. The average molecular weight is 262 g/mol. The molecule has 84 valence electrons. The summed E-state index contributed by atoms with van der Waals surface area (Å²) < 4.78 is 8.78. The number of hydrogen-bond acceptors (Lipinski definition) is 4. The highest BCUT2D eigenvalue weighted by Crippen LogP contribution is 2.20. The number of anilines is 2. The van der Waals surface area contributed by atoms with Crippen molar-refractivity contribution in [1.29, 1.82) is 0 Å². The number of hydrogen-bond donors (Lipinski definition) is 2. The van der Waals surface area contributed by atoms with Crippen molar-refractivity contribution < 1.29 is 17.2 Å². The highest BCUT2D eigenvalue weighted by molar-refractivity contribution is 6.08. The van der Waals surface area contributed by atoms with Crippen molar-refractivity contribution >= 4 is 56.8 Å². The molecule has 1 aromatic rings. The van der Waals surface area contributed by atoms with Gasteiger partial charge in [-0.2, -0.15) is 0 Å². The molecule has 0 heterocycles. The first kappa shape index (κ1) is 13.9. The first-order chi connectivity index (χ1) is 8.06. The molecule has 0 bridgehead atoms. The molecule has 0 fully saturated rings. The zero-order valence-corrected chi connectivity index (χ0v) is 11.3. The van der Waals surface area contributed by atoms with Crippen molar-refractivity contribution in [2.75, 3.05) is 10.6 Å². The van der Waals surface area contributed by atoms with Gasteiger partial charge >= 0.3 is 45.4 Å². The highest BCUT2D eigenvalue weighted by atomic mass is 27.1. The fraction of sp³-hybridized carbons (Fsp3) is 0.111. The standard InChI is InChI=1S/C9H10N2O4.2Al/c1-5-2-3-6(10-8(12)13)4-7(5)11-9(14)15;;/h2-4,10-11H,1H3,(H,12,13)(H,14,15);;/q;2*+1/p-2. The Balaban J connectivity index is 2.86. The maximum atomic E-state index is 11.1. The number of carbonyl (C=O) groups is 2. The van der Waals surface area contributed by atoms with Crippen molar-refractivity contribution in [2.45, 2.75) is 6.92 Å². The molecular weight excluding hydrogens is 254 g/mol. The van der Waals surface area contributed by atoms with Crippen LogP contribution in [-0.4, -0.2) is 45.4 Å². The molecule has 0 saturated carbocycles. The largest absolute Gasteiger partial charge is 0.612 e. The van der Waals surface area contributed by atoms with Crippen molar-refractivity contribution in [3.63, 3.8) is 0 Å². The van der Waals surface area contributed by atoms with E-state index in [0.29, 0.717) is 11.4 Å². The highest BCUT2D eigenvalue weighted by Gasteiger charge is 2.06.